The molecule has 3 aromatic rings. The average Bonchev–Trinajstić information content (AvgIpc) is 2.81. The fourth-order valence-electron chi connectivity index (χ4n) is 4.04. The highest BCUT2D eigenvalue weighted by atomic mass is 32.1. The molecular weight excluding hydrogens is 500 g/mol. The molecular formula is C28H40N6O3S. The molecule has 1 aliphatic carbocycles. The fourth-order valence-corrected chi connectivity index (χ4v) is 4.04. The second-order valence-corrected chi connectivity index (χ2v) is 11.3. The molecule has 0 bridgehead atoms. The van der Waals surface area contributed by atoms with Crippen LogP contribution in [0.2, 0.25) is 0 Å². The van der Waals surface area contributed by atoms with E-state index in [-0.39, 0.29) is 18.1 Å². The van der Waals surface area contributed by atoms with Crippen molar-refractivity contribution in [2.45, 2.75) is 77.5 Å². The van der Waals surface area contributed by atoms with E-state index in [0.717, 1.165) is 40.4 Å². The number of carbonyl (C=O) groups excluding carboxylic acids is 1. The third-order valence-corrected chi connectivity index (χ3v) is 6.78. The minimum atomic E-state index is -0.685. The van der Waals surface area contributed by atoms with Gasteiger partial charge in [-0.25, -0.2) is 15.0 Å². The summed E-state index contributed by atoms with van der Waals surface area (Å²) in [6.45, 7) is 10.2. The van der Waals surface area contributed by atoms with Gasteiger partial charge in [-0.15, -0.1) is 0 Å². The van der Waals surface area contributed by atoms with Crippen LogP contribution in [0, 0.1) is 6.92 Å². The van der Waals surface area contributed by atoms with Gasteiger partial charge in [0, 0.05) is 24.4 Å². The summed E-state index contributed by atoms with van der Waals surface area (Å²) in [4.78, 5) is 24.9. The Hall–Kier alpha value is -2.95. The van der Waals surface area contributed by atoms with E-state index in [2.05, 4.69) is 28.1 Å². The maximum absolute atomic E-state index is 10.9. The molecule has 0 saturated heterocycles. The van der Waals surface area contributed by atoms with Gasteiger partial charge in [-0.1, -0.05) is 25.8 Å². The van der Waals surface area contributed by atoms with Gasteiger partial charge in [-0.05, 0) is 89.7 Å². The number of nitrogens with zero attached hydrogens (tertiary/aromatic N) is 4. The SMILES string of the molecule is CN(C)S.Cc1ccc(Nc2cc3c(C(C)N)cnc(OC4CCC4)c3cn2)nc1C(C)C(C)(C)OC=O. The smallest absolute Gasteiger partial charge is 0.293 e. The molecule has 10 heteroatoms. The predicted molar refractivity (Wildman–Crippen MR) is 155 cm³/mol. The third kappa shape index (κ3) is 7.33. The van der Waals surface area contributed by atoms with Crippen LogP contribution in [0.5, 0.6) is 5.88 Å². The van der Waals surface area contributed by atoms with Crippen LogP contribution in [0.25, 0.3) is 10.8 Å². The van der Waals surface area contributed by atoms with Gasteiger partial charge in [0.05, 0.1) is 11.1 Å². The zero-order valence-electron chi connectivity index (χ0n) is 23.4. The Balaban J connectivity index is 0.000000934. The summed E-state index contributed by atoms with van der Waals surface area (Å²) in [5.41, 5.74) is 8.36. The zero-order valence-corrected chi connectivity index (χ0v) is 24.3. The summed E-state index contributed by atoms with van der Waals surface area (Å²) in [5, 5.41) is 5.13. The topological polar surface area (TPSA) is 115 Å². The standard InChI is InChI=1S/C26H33N5O3.C2H7NS/c1-15-9-10-22(31-24(15)16(2)26(4,5)33-14-32)30-23-11-19-20(17(3)27)12-29-25(21(19)13-28-23)34-18-7-6-8-18;1-3(2)4/h9-14,16-18H,6-8,27H2,1-5H3,(H,28,30,31);4H,1-2H3. The van der Waals surface area contributed by atoms with Crippen molar-refractivity contribution >= 4 is 41.7 Å². The number of rotatable bonds is 9. The predicted octanol–water partition coefficient (Wildman–Crippen LogP) is 5.48. The van der Waals surface area contributed by atoms with Crippen molar-refractivity contribution in [3.63, 3.8) is 0 Å². The highest BCUT2D eigenvalue weighted by molar-refractivity contribution is 7.77. The van der Waals surface area contributed by atoms with Crippen LogP contribution < -0.4 is 15.8 Å². The number of aryl methyl sites for hydroxylation is 1. The second kappa shape index (κ2) is 12.7. The Morgan fingerprint density at radius 3 is 2.42 bits per heavy atom. The van der Waals surface area contributed by atoms with Gasteiger partial charge in [0.25, 0.3) is 6.47 Å². The van der Waals surface area contributed by atoms with Crippen LogP contribution >= 0.6 is 12.8 Å². The number of carbonyl (C=O) groups is 1. The van der Waals surface area contributed by atoms with Crippen molar-refractivity contribution in [3.05, 3.63) is 47.4 Å². The van der Waals surface area contributed by atoms with Gasteiger partial charge < -0.3 is 20.5 Å². The lowest BCUT2D eigenvalue weighted by Crippen LogP contribution is -2.31. The lowest BCUT2D eigenvalue weighted by Gasteiger charge is -2.30. The first-order valence-electron chi connectivity index (χ1n) is 12.9. The Morgan fingerprint density at radius 1 is 1.16 bits per heavy atom. The molecule has 1 saturated carbocycles. The van der Waals surface area contributed by atoms with Crippen molar-refractivity contribution in [1.82, 2.24) is 19.3 Å². The van der Waals surface area contributed by atoms with E-state index < -0.39 is 5.60 Å². The van der Waals surface area contributed by atoms with E-state index in [1.807, 2.05) is 66.9 Å². The molecule has 1 fully saturated rings. The average molecular weight is 541 g/mol. The molecule has 0 radical (unpaired) electrons. The van der Waals surface area contributed by atoms with Crippen molar-refractivity contribution in [3.8, 4) is 5.88 Å². The normalized spacial score (nSPS) is 15.2. The number of fused-ring (bicyclic) bond motifs is 1. The zero-order chi connectivity index (χ0) is 28.0. The molecule has 3 N–H and O–H groups in total. The summed E-state index contributed by atoms with van der Waals surface area (Å²) >= 11 is 3.80. The van der Waals surface area contributed by atoms with Crippen molar-refractivity contribution in [2.24, 2.45) is 5.73 Å². The molecule has 0 spiro atoms. The van der Waals surface area contributed by atoms with E-state index in [0.29, 0.717) is 24.0 Å². The van der Waals surface area contributed by atoms with Gasteiger partial charge >= 0.3 is 0 Å². The molecule has 2 atom stereocenters. The third-order valence-electron chi connectivity index (χ3n) is 6.78. The number of aromatic nitrogens is 3. The molecule has 206 valence electrons. The largest absolute Gasteiger partial charge is 0.474 e. The van der Waals surface area contributed by atoms with Gasteiger partial charge in [0.1, 0.15) is 23.3 Å². The molecule has 3 heterocycles. The molecule has 1 aliphatic rings. The molecule has 9 nitrogen and oxygen atoms in total. The minimum absolute atomic E-state index is 0.106. The summed E-state index contributed by atoms with van der Waals surface area (Å²) in [6, 6.07) is 5.69. The summed E-state index contributed by atoms with van der Waals surface area (Å²) < 4.78 is 13.1. The van der Waals surface area contributed by atoms with Gasteiger partial charge in [0.2, 0.25) is 5.88 Å². The van der Waals surface area contributed by atoms with E-state index in [9.17, 15) is 4.79 Å². The Labute approximate surface area is 231 Å². The maximum atomic E-state index is 10.9. The molecule has 0 aromatic carbocycles. The van der Waals surface area contributed by atoms with E-state index in [4.69, 9.17) is 20.2 Å². The quantitative estimate of drug-likeness (QED) is 0.240. The lowest BCUT2D eigenvalue weighted by atomic mass is 9.87. The molecule has 0 aliphatic heterocycles. The Kier molecular flexibility index (Phi) is 9.92. The summed E-state index contributed by atoms with van der Waals surface area (Å²) in [5.74, 6) is 1.80. The summed E-state index contributed by atoms with van der Waals surface area (Å²) in [7, 11) is 3.73. The lowest BCUT2D eigenvalue weighted by molar-refractivity contribution is -0.142. The van der Waals surface area contributed by atoms with Crippen LogP contribution in [0.4, 0.5) is 11.6 Å². The molecule has 4 rings (SSSR count). The summed E-state index contributed by atoms with van der Waals surface area (Å²) in [6.07, 6.45) is 7.10. The number of nitrogens with one attached hydrogen (secondary N) is 1. The first-order chi connectivity index (χ1) is 17.9. The van der Waals surface area contributed by atoms with Crippen LogP contribution in [0.15, 0.2) is 30.6 Å². The number of ether oxygens (including phenoxy) is 2. The highest BCUT2D eigenvalue weighted by Crippen LogP contribution is 2.35. The number of pyridine rings is 3. The Morgan fingerprint density at radius 2 is 1.84 bits per heavy atom. The van der Waals surface area contributed by atoms with Crippen LogP contribution in [0.1, 0.15) is 75.7 Å². The fraction of sp³-hybridized carbons (Fsp3) is 0.500. The van der Waals surface area contributed by atoms with Gasteiger partial charge in [-0.3, -0.25) is 9.10 Å². The number of anilines is 2. The van der Waals surface area contributed by atoms with Crippen LogP contribution in [0.3, 0.4) is 0 Å². The second-order valence-electron chi connectivity index (χ2n) is 10.5. The van der Waals surface area contributed by atoms with Crippen molar-refractivity contribution < 1.29 is 14.3 Å². The minimum Gasteiger partial charge on any atom is -0.474 e. The van der Waals surface area contributed by atoms with Gasteiger partial charge in [0.15, 0.2) is 0 Å². The molecule has 2 unspecified atom stereocenters. The van der Waals surface area contributed by atoms with Crippen molar-refractivity contribution in [1.29, 1.82) is 0 Å². The van der Waals surface area contributed by atoms with Crippen LogP contribution in [-0.4, -0.2) is 51.5 Å². The molecule has 3 aromatic heterocycles. The first-order valence-corrected chi connectivity index (χ1v) is 13.3. The van der Waals surface area contributed by atoms with E-state index in [1.165, 1.54) is 6.42 Å². The highest BCUT2D eigenvalue weighted by Gasteiger charge is 2.31. The number of hydrogen-bond donors (Lipinski definition) is 3. The maximum Gasteiger partial charge on any atom is 0.293 e. The monoisotopic (exact) mass is 540 g/mol. The van der Waals surface area contributed by atoms with E-state index >= 15 is 0 Å². The number of hydrogen-bond acceptors (Lipinski definition) is 10. The Bertz CT molecular complexity index is 1240. The van der Waals surface area contributed by atoms with Crippen molar-refractivity contribution in [2.75, 3.05) is 19.4 Å². The van der Waals surface area contributed by atoms with Crippen LogP contribution in [-0.2, 0) is 9.53 Å². The number of thiol groups is 1. The number of nitrogens with two attached hydrogens (primary N) is 1. The first kappa shape index (κ1) is 29.6. The molecule has 38 heavy (non-hydrogen) atoms. The molecule has 0 amide bonds. The van der Waals surface area contributed by atoms with Gasteiger partial charge in [-0.2, -0.15) is 0 Å². The van der Waals surface area contributed by atoms with E-state index in [1.54, 1.807) is 16.7 Å².